The molecule has 28 heteroatoms. The summed E-state index contributed by atoms with van der Waals surface area (Å²) in [6.07, 6.45) is -6.08. The van der Waals surface area contributed by atoms with Crippen molar-refractivity contribution in [2.75, 3.05) is 59.3 Å². The maximum atomic E-state index is 14.0. The second kappa shape index (κ2) is 33.1. The molecule has 0 bridgehead atoms. The van der Waals surface area contributed by atoms with Crippen molar-refractivity contribution in [1.29, 1.82) is 0 Å². The van der Waals surface area contributed by atoms with Crippen molar-refractivity contribution in [1.82, 2.24) is 15.5 Å². The predicted octanol–water partition coefficient (Wildman–Crippen LogP) is 3.58. The van der Waals surface area contributed by atoms with Crippen LogP contribution >= 0.6 is 0 Å². The number of carboxylic acids is 2. The smallest absolute Gasteiger partial charge is 0.333 e. The molecule has 2 aliphatic rings. The number of nitrogens with two attached hydrogens (primary N) is 1. The van der Waals surface area contributed by atoms with E-state index in [9.17, 15) is 54.0 Å². The van der Waals surface area contributed by atoms with Crippen LogP contribution in [0, 0.1) is 0 Å². The van der Waals surface area contributed by atoms with Gasteiger partial charge >= 0.3 is 11.9 Å². The van der Waals surface area contributed by atoms with Gasteiger partial charge in [0.05, 0.1) is 61.0 Å². The van der Waals surface area contributed by atoms with Gasteiger partial charge in [-0.1, -0.05) is 12.1 Å². The number of nitrogens with zero attached hydrogens (tertiary/aromatic N) is 1. The fourth-order valence-corrected chi connectivity index (χ4v) is 8.61. The number of ether oxygens (including phenoxy) is 10. The van der Waals surface area contributed by atoms with Gasteiger partial charge in [0.2, 0.25) is 45.9 Å². The fourth-order valence-electron chi connectivity index (χ4n) is 8.61. The summed E-state index contributed by atoms with van der Waals surface area (Å²) in [5.74, 6) is -0.953. The number of nitrogens with one attached hydrogen (secondary N) is 2. The molecule has 26 nitrogen and oxygen atoms in total. The number of aliphatic carboxylic acids is 2. The number of rotatable bonds is 36. The van der Waals surface area contributed by atoms with Crippen LogP contribution in [0.3, 0.4) is 0 Å². The lowest BCUT2D eigenvalue weighted by Gasteiger charge is -2.34. The molecule has 84 heavy (non-hydrogen) atoms. The first-order chi connectivity index (χ1) is 39.3. The fraction of sp³-hybridized carbons (Fsp3) is 0.661. The van der Waals surface area contributed by atoms with Crippen LogP contribution in [0.1, 0.15) is 139 Å². The van der Waals surface area contributed by atoms with E-state index in [2.05, 4.69) is 15.5 Å². The second-order valence-electron chi connectivity index (χ2n) is 23.0. The zero-order valence-electron chi connectivity index (χ0n) is 49.2. The summed E-state index contributed by atoms with van der Waals surface area (Å²) in [4.78, 5) is 94.0. The predicted molar refractivity (Wildman–Crippen MR) is 299 cm³/mol. The molecular formula is C56H82B2N4O22. The van der Waals surface area contributed by atoms with E-state index in [1.165, 1.54) is 36.4 Å². The van der Waals surface area contributed by atoms with Gasteiger partial charge in [-0.3, -0.25) is 24.0 Å². The molecule has 0 aromatic heterocycles. The Morgan fingerprint density at radius 2 is 1.00 bits per heavy atom. The molecule has 4 rings (SSSR count). The van der Waals surface area contributed by atoms with Crippen LogP contribution in [0.2, 0.25) is 0 Å². The average molecular weight is 1180 g/mol. The molecule has 2 aliphatic heterocycles. The van der Waals surface area contributed by atoms with Crippen molar-refractivity contribution in [2.45, 2.75) is 179 Å². The number of aliphatic hydroxyl groups excluding tert-OH is 2. The van der Waals surface area contributed by atoms with Gasteiger partial charge in [0, 0.05) is 63.1 Å². The van der Waals surface area contributed by atoms with Crippen molar-refractivity contribution >= 4 is 57.1 Å². The van der Waals surface area contributed by atoms with Crippen LogP contribution in [0.4, 0.5) is 9.59 Å². The van der Waals surface area contributed by atoms with Crippen LogP contribution in [-0.2, 0) is 70.3 Å². The van der Waals surface area contributed by atoms with E-state index in [-0.39, 0.29) is 127 Å². The van der Waals surface area contributed by atoms with Gasteiger partial charge in [-0.2, -0.15) is 0 Å². The van der Waals surface area contributed by atoms with E-state index >= 15 is 0 Å². The largest absolute Gasteiger partial charge is 0.479 e. The molecular weight excluding hydrogens is 1100 g/mol. The lowest BCUT2D eigenvalue weighted by molar-refractivity contribution is -0.195. The standard InChI is InChI=1S/C56H82B2N4O22/c1-53(2,60-47(66)38-25-34(31-76-51(57)72)9-11-40(38)81-45-29-36(63)27-42(83-45)49(68)69)15-19-78-55(5,6)13-17-62(44(65)33-75-22-21-74-23-24-80-59)18-14-56(7,8)79-20-16-54(3,4)61-48(67)39-26-35(32-77-52(58)73)10-12-41(39)82-46-30-37(64)28-43(84-46)50(70)71/h9-12,25-26,36-37,42-43,45-46,63-64H,13-24,27-33,59H2,1-8H3,(H,60,66)(H,61,67)(H,68,69)(H,70,71). The minimum Gasteiger partial charge on any atom is -0.479 e. The third-order valence-corrected chi connectivity index (χ3v) is 13.5. The van der Waals surface area contributed by atoms with Gasteiger partial charge < -0.3 is 88.2 Å². The van der Waals surface area contributed by atoms with Crippen LogP contribution in [0.25, 0.3) is 0 Å². The van der Waals surface area contributed by atoms with Gasteiger partial charge in [0.1, 0.15) is 31.3 Å². The number of benzene rings is 2. The maximum Gasteiger partial charge on any atom is 0.333 e. The Morgan fingerprint density at radius 3 is 1.39 bits per heavy atom. The van der Waals surface area contributed by atoms with Gasteiger partial charge in [0.25, 0.3) is 11.8 Å². The summed E-state index contributed by atoms with van der Waals surface area (Å²) in [6.45, 7) is 15.6. The second-order valence-corrected chi connectivity index (χ2v) is 23.0. The molecule has 464 valence electrons. The van der Waals surface area contributed by atoms with Crippen molar-refractivity contribution in [3.8, 4) is 11.5 Å². The molecule has 0 saturated carbocycles. The van der Waals surface area contributed by atoms with Gasteiger partial charge in [-0.15, -0.1) is 0 Å². The summed E-state index contributed by atoms with van der Waals surface area (Å²) in [6, 6.07) is 8.83. The normalized spacial score (nSPS) is 19.4. The number of amides is 3. The van der Waals surface area contributed by atoms with Gasteiger partial charge in [0.15, 0.2) is 12.2 Å². The number of carbonyl (C=O) groups is 7. The molecule has 2 aromatic rings. The first-order valence-electron chi connectivity index (χ1n) is 27.6. The van der Waals surface area contributed by atoms with Crippen molar-refractivity contribution in [3.63, 3.8) is 0 Å². The number of hydrogen-bond donors (Lipinski definition) is 7. The van der Waals surface area contributed by atoms with Crippen molar-refractivity contribution < 1.29 is 106 Å². The van der Waals surface area contributed by atoms with Crippen LogP contribution in [0.15, 0.2) is 36.4 Å². The minimum absolute atomic E-state index is 0.0143. The number of carbonyl (C=O) groups excluding carboxylic acids is 5. The number of hydrogen-bond acceptors (Lipinski definition) is 21. The molecule has 6 unspecified atom stereocenters. The van der Waals surface area contributed by atoms with E-state index in [0.29, 0.717) is 36.8 Å². The molecule has 2 heterocycles. The highest BCUT2D eigenvalue weighted by Crippen LogP contribution is 2.31. The monoisotopic (exact) mass is 1180 g/mol. The number of aliphatic hydroxyl groups is 2. The third-order valence-electron chi connectivity index (χ3n) is 13.5. The summed E-state index contributed by atoms with van der Waals surface area (Å²) in [5, 5.41) is 45.7. The van der Waals surface area contributed by atoms with E-state index in [4.69, 9.17) is 69.0 Å². The first-order valence-corrected chi connectivity index (χ1v) is 27.6. The number of carboxylic acid groups (broad SMARTS) is 2. The van der Waals surface area contributed by atoms with Crippen molar-refractivity contribution in [2.24, 2.45) is 5.90 Å². The molecule has 2 fully saturated rings. The van der Waals surface area contributed by atoms with Crippen molar-refractivity contribution in [3.05, 3.63) is 58.7 Å². The Kier molecular flexibility index (Phi) is 27.8. The highest BCUT2D eigenvalue weighted by atomic mass is 16.7. The molecule has 4 radical (unpaired) electrons. The summed E-state index contributed by atoms with van der Waals surface area (Å²) in [5.41, 5.74) is -2.50. The lowest BCUT2D eigenvalue weighted by atomic mass is 9.98. The summed E-state index contributed by atoms with van der Waals surface area (Å²) in [7, 11) is 10.3. The summed E-state index contributed by atoms with van der Waals surface area (Å²) >= 11 is 0. The van der Waals surface area contributed by atoms with E-state index < -0.39 is 94.8 Å². The van der Waals surface area contributed by atoms with Gasteiger partial charge in [-0.05, 0) is 116 Å². The molecule has 2 aromatic carbocycles. The Morgan fingerprint density at radius 1 is 0.595 bits per heavy atom. The van der Waals surface area contributed by atoms with Crippen LogP contribution < -0.4 is 26.0 Å². The highest BCUT2D eigenvalue weighted by molar-refractivity contribution is 6.55. The molecule has 3 amide bonds. The quantitative estimate of drug-likeness (QED) is 0.0291. The van der Waals surface area contributed by atoms with E-state index in [1.807, 2.05) is 27.7 Å². The Bertz CT molecular complexity index is 2360. The Balaban J connectivity index is 1.38. The van der Waals surface area contributed by atoms with E-state index in [1.54, 1.807) is 32.6 Å². The average Bonchev–Trinajstić information content (AvgIpc) is 3.60. The Labute approximate surface area is 492 Å². The molecule has 6 atom stereocenters. The van der Waals surface area contributed by atoms with Crippen LogP contribution in [-0.4, -0.2) is 201 Å². The zero-order chi connectivity index (χ0) is 62.4. The zero-order valence-corrected chi connectivity index (χ0v) is 49.2. The molecule has 8 N–H and O–H groups in total. The lowest BCUT2D eigenvalue weighted by Crippen LogP contribution is -2.46. The van der Waals surface area contributed by atoms with Gasteiger partial charge in [-0.25, -0.2) is 15.5 Å². The molecule has 0 spiro atoms. The molecule has 2 saturated heterocycles. The first kappa shape index (κ1) is 70.5. The topological polar surface area (TPSA) is 355 Å². The maximum absolute atomic E-state index is 14.0. The van der Waals surface area contributed by atoms with E-state index in [0.717, 1.165) is 0 Å². The Hall–Kier alpha value is -5.94. The third kappa shape index (κ3) is 25.7. The highest BCUT2D eigenvalue weighted by Gasteiger charge is 2.37. The minimum atomic E-state index is -1.33. The SMILES string of the molecule is [B]C(=O)OCc1ccc(OC2CC(O)CC(C(=O)O)O2)c(C(=O)NC(C)(C)CCOC(C)(C)CCN(CCC(C)(C)OCCC(C)(C)NC(=O)c2cc(COC([B])=O)ccc2OC2CC(O)CC(C(=O)O)O2)C(=O)COCCOCCON)c1. The summed E-state index contributed by atoms with van der Waals surface area (Å²) < 4.78 is 56.7. The molecule has 0 aliphatic carbocycles. The van der Waals surface area contributed by atoms with Crippen LogP contribution in [0.5, 0.6) is 11.5 Å².